The Bertz CT molecular complexity index is 1270. The minimum atomic E-state index is -0.760. The number of aromatic hydroxyl groups is 1. The van der Waals surface area contributed by atoms with E-state index in [-0.39, 0.29) is 5.75 Å². The summed E-state index contributed by atoms with van der Waals surface area (Å²) in [6, 6.07) is 20.2. The average Bonchev–Trinajstić information content (AvgIpc) is 3.06. The molecule has 0 radical (unpaired) electrons. The summed E-state index contributed by atoms with van der Waals surface area (Å²) in [4.78, 5) is 0. The Kier molecular flexibility index (Phi) is 6.45. The highest BCUT2D eigenvalue weighted by molar-refractivity contribution is 6.06. The number of fused-ring (bicyclic) bond motifs is 1. The van der Waals surface area contributed by atoms with Crippen LogP contribution >= 0.6 is 0 Å². The van der Waals surface area contributed by atoms with Gasteiger partial charge < -0.3 is 19.5 Å². The maximum absolute atomic E-state index is 10.8. The van der Waals surface area contributed by atoms with E-state index in [1.165, 1.54) is 11.1 Å². The fourth-order valence-corrected chi connectivity index (χ4v) is 4.60. The summed E-state index contributed by atoms with van der Waals surface area (Å²) in [6.45, 7) is 8.45. The minimum Gasteiger partial charge on any atom is -0.504 e. The van der Waals surface area contributed by atoms with Gasteiger partial charge in [-0.15, -0.1) is 0 Å². The van der Waals surface area contributed by atoms with Gasteiger partial charge in [-0.05, 0) is 57.1 Å². The number of benzene rings is 3. The van der Waals surface area contributed by atoms with Crippen molar-refractivity contribution in [1.82, 2.24) is 9.88 Å². The van der Waals surface area contributed by atoms with Gasteiger partial charge in [0.1, 0.15) is 6.10 Å². The molecule has 172 valence electrons. The van der Waals surface area contributed by atoms with Crippen molar-refractivity contribution >= 4 is 10.9 Å². The number of aliphatic hydroxyl groups is 1. The van der Waals surface area contributed by atoms with Gasteiger partial charge in [-0.25, -0.2) is 0 Å². The quantitative estimate of drug-likeness (QED) is 0.328. The van der Waals surface area contributed by atoms with Crippen molar-refractivity contribution in [1.29, 1.82) is 0 Å². The zero-order chi connectivity index (χ0) is 23.7. The Hall–Kier alpha value is -3.28. The molecule has 2 unspecified atom stereocenters. The zero-order valence-electron chi connectivity index (χ0n) is 19.9. The number of hydrogen-bond acceptors (Lipinski definition) is 4. The number of phenolic OH excluding ortho intramolecular Hbond substituents is 1. The number of aliphatic hydroxyl groups excluding tert-OH is 1. The Morgan fingerprint density at radius 1 is 1.00 bits per heavy atom. The summed E-state index contributed by atoms with van der Waals surface area (Å²) in [7, 11) is 2.07. The number of likely N-dealkylation sites (N-methyl/N-ethyl adjacent to an activating group) is 1. The molecule has 4 aromatic rings. The summed E-state index contributed by atoms with van der Waals surface area (Å²) in [5.41, 5.74) is 7.40. The Labute approximate surface area is 195 Å². The maximum atomic E-state index is 10.8. The van der Waals surface area contributed by atoms with Gasteiger partial charge in [-0.1, -0.05) is 54.4 Å². The predicted octanol–water partition coefficient (Wildman–Crippen LogP) is 5.53. The van der Waals surface area contributed by atoms with Crippen molar-refractivity contribution in [2.45, 2.75) is 40.0 Å². The topological polar surface area (TPSA) is 66.6 Å². The summed E-state index contributed by atoms with van der Waals surface area (Å²) >= 11 is 0. The molecular formula is C28H32N2O3. The Balaban J connectivity index is 2.03. The van der Waals surface area contributed by atoms with Crippen molar-refractivity contribution < 1.29 is 14.9 Å². The van der Waals surface area contributed by atoms with Crippen LogP contribution in [0.5, 0.6) is 11.5 Å². The molecule has 5 nitrogen and oxygen atoms in total. The minimum absolute atomic E-state index is 0.0374. The van der Waals surface area contributed by atoms with Crippen LogP contribution in [-0.4, -0.2) is 33.7 Å². The number of hydrogen-bond donors (Lipinski definition) is 3. The van der Waals surface area contributed by atoms with Crippen molar-refractivity contribution in [3.05, 3.63) is 71.8 Å². The van der Waals surface area contributed by atoms with Crippen LogP contribution in [0.3, 0.4) is 0 Å². The van der Waals surface area contributed by atoms with Gasteiger partial charge in [0.15, 0.2) is 17.7 Å². The predicted molar refractivity (Wildman–Crippen MR) is 135 cm³/mol. The molecule has 0 fully saturated rings. The van der Waals surface area contributed by atoms with E-state index in [9.17, 15) is 10.2 Å². The van der Waals surface area contributed by atoms with E-state index < -0.39 is 12.3 Å². The monoisotopic (exact) mass is 444 g/mol. The van der Waals surface area contributed by atoms with E-state index in [1.54, 1.807) is 13.0 Å². The molecule has 1 heterocycles. The summed E-state index contributed by atoms with van der Waals surface area (Å²) in [5, 5.41) is 25.3. The van der Waals surface area contributed by atoms with Gasteiger partial charge in [-0.2, -0.15) is 0 Å². The van der Waals surface area contributed by atoms with Crippen LogP contribution in [0.2, 0.25) is 0 Å². The molecule has 0 aliphatic heterocycles. The molecule has 0 saturated heterocycles. The lowest BCUT2D eigenvalue weighted by molar-refractivity contribution is 0.0271. The molecule has 2 atom stereocenters. The number of ether oxygens (including phenoxy) is 1. The molecule has 0 bridgehead atoms. The number of aromatic nitrogens is 1. The fourth-order valence-electron chi connectivity index (χ4n) is 4.60. The maximum Gasteiger partial charge on any atom is 0.176 e. The highest BCUT2D eigenvalue weighted by Crippen LogP contribution is 2.47. The lowest BCUT2D eigenvalue weighted by Crippen LogP contribution is -2.43. The van der Waals surface area contributed by atoms with Crippen LogP contribution < -0.4 is 10.1 Å². The Morgan fingerprint density at radius 2 is 1.70 bits per heavy atom. The first-order chi connectivity index (χ1) is 15.8. The smallest absolute Gasteiger partial charge is 0.176 e. The molecule has 3 aromatic carbocycles. The molecule has 5 heteroatoms. The highest BCUT2D eigenvalue weighted by Gasteiger charge is 2.25. The van der Waals surface area contributed by atoms with Crippen LogP contribution in [0.25, 0.3) is 33.3 Å². The van der Waals surface area contributed by atoms with Gasteiger partial charge in [-0.3, -0.25) is 5.32 Å². The van der Waals surface area contributed by atoms with Crippen LogP contribution in [0.4, 0.5) is 0 Å². The summed E-state index contributed by atoms with van der Waals surface area (Å²) in [6.07, 6.45) is -1.41. The lowest BCUT2D eigenvalue weighted by Gasteiger charge is -2.24. The van der Waals surface area contributed by atoms with E-state index in [1.807, 2.05) is 31.2 Å². The van der Waals surface area contributed by atoms with Crippen LogP contribution in [-0.2, 0) is 7.05 Å². The largest absolute Gasteiger partial charge is 0.504 e. The van der Waals surface area contributed by atoms with E-state index >= 15 is 0 Å². The SMILES string of the molecule is CCNC(Oc1c(O)cccc1-c1c(-c2cc(C)cc(C)c2)n(C)c2ccccc12)C(C)O. The molecule has 0 spiro atoms. The molecule has 4 rings (SSSR count). The second-order valence-electron chi connectivity index (χ2n) is 8.67. The molecular weight excluding hydrogens is 412 g/mol. The van der Waals surface area contributed by atoms with Crippen molar-refractivity contribution in [3.8, 4) is 33.9 Å². The van der Waals surface area contributed by atoms with Crippen molar-refractivity contribution in [2.24, 2.45) is 7.05 Å². The summed E-state index contributed by atoms with van der Waals surface area (Å²) < 4.78 is 8.41. The first-order valence-corrected chi connectivity index (χ1v) is 11.4. The molecule has 0 aliphatic carbocycles. The van der Waals surface area contributed by atoms with Gasteiger partial charge in [0.05, 0.1) is 5.69 Å². The molecule has 3 N–H and O–H groups in total. The molecule has 0 amide bonds. The summed E-state index contributed by atoms with van der Waals surface area (Å²) in [5.74, 6) is 0.390. The zero-order valence-corrected chi connectivity index (χ0v) is 19.9. The standard InChI is InChI=1S/C28H32N2O3/c1-6-29-28(19(4)31)33-27-22(11-9-13-24(27)32)25-21-10-7-8-12-23(21)30(5)26(25)20-15-17(2)14-18(3)16-20/h7-16,19,28-29,31-32H,6H2,1-5H3. The first kappa shape index (κ1) is 22.9. The number of nitrogens with zero attached hydrogens (tertiary/aromatic N) is 1. The third-order valence-electron chi connectivity index (χ3n) is 5.95. The van der Waals surface area contributed by atoms with E-state index in [2.05, 4.69) is 61.1 Å². The van der Waals surface area contributed by atoms with Gasteiger partial charge >= 0.3 is 0 Å². The number of rotatable bonds is 7. The van der Waals surface area contributed by atoms with Crippen LogP contribution in [0.1, 0.15) is 25.0 Å². The van der Waals surface area contributed by atoms with Crippen LogP contribution in [0.15, 0.2) is 60.7 Å². The van der Waals surface area contributed by atoms with Crippen molar-refractivity contribution in [3.63, 3.8) is 0 Å². The first-order valence-electron chi connectivity index (χ1n) is 11.4. The number of nitrogens with one attached hydrogen (secondary N) is 1. The molecule has 33 heavy (non-hydrogen) atoms. The molecule has 0 saturated carbocycles. The van der Waals surface area contributed by atoms with E-state index in [4.69, 9.17) is 4.74 Å². The number of para-hydroxylation sites is 2. The van der Waals surface area contributed by atoms with Gasteiger partial charge in [0.25, 0.3) is 0 Å². The van der Waals surface area contributed by atoms with E-state index in [0.717, 1.165) is 33.3 Å². The fraction of sp³-hybridized carbons (Fsp3) is 0.286. The van der Waals surface area contributed by atoms with Crippen molar-refractivity contribution in [2.75, 3.05) is 6.54 Å². The number of phenols is 1. The molecule has 0 aliphatic rings. The third-order valence-corrected chi connectivity index (χ3v) is 5.95. The third kappa shape index (κ3) is 4.34. The van der Waals surface area contributed by atoms with E-state index in [0.29, 0.717) is 12.3 Å². The highest BCUT2D eigenvalue weighted by atomic mass is 16.5. The van der Waals surface area contributed by atoms with Gasteiger partial charge in [0, 0.05) is 29.1 Å². The molecule has 1 aromatic heterocycles. The van der Waals surface area contributed by atoms with Gasteiger partial charge in [0.2, 0.25) is 0 Å². The Morgan fingerprint density at radius 3 is 2.36 bits per heavy atom. The lowest BCUT2D eigenvalue weighted by atomic mass is 9.95. The van der Waals surface area contributed by atoms with Crippen LogP contribution in [0, 0.1) is 13.8 Å². The second-order valence-corrected chi connectivity index (χ2v) is 8.67. The average molecular weight is 445 g/mol. The normalized spacial score (nSPS) is 13.3. The second kappa shape index (κ2) is 9.30. The number of aryl methyl sites for hydroxylation is 3.